The summed E-state index contributed by atoms with van der Waals surface area (Å²) in [7, 11) is 1.77. The molecule has 4 heteroatoms. The number of hydrogen-bond acceptors (Lipinski definition) is 4. The quantitative estimate of drug-likeness (QED) is 0.919. The molecule has 0 aliphatic carbocycles. The van der Waals surface area contributed by atoms with Crippen LogP contribution in [-0.4, -0.2) is 51.4 Å². The van der Waals surface area contributed by atoms with Gasteiger partial charge in [0, 0.05) is 51.5 Å². The van der Waals surface area contributed by atoms with Crippen LogP contribution in [0.1, 0.15) is 29.9 Å². The molecule has 0 saturated carbocycles. The molecular formula is C17H26N2O2. The Morgan fingerprint density at radius 1 is 1.24 bits per heavy atom. The molecule has 0 spiro atoms. The summed E-state index contributed by atoms with van der Waals surface area (Å²) >= 11 is 0. The summed E-state index contributed by atoms with van der Waals surface area (Å²) < 4.78 is 11.0. The van der Waals surface area contributed by atoms with E-state index < -0.39 is 0 Å². The number of hydrogen-bond donors (Lipinski definition) is 1. The Bertz CT molecular complexity index is 452. The van der Waals surface area contributed by atoms with E-state index in [0.717, 1.165) is 64.5 Å². The predicted octanol–water partition coefficient (Wildman–Crippen LogP) is 1.99. The SMILES string of the molecule is COc1ccc(C2CCOCC2)cc1CN1CCNCC1. The van der Waals surface area contributed by atoms with E-state index in [9.17, 15) is 0 Å². The second-order valence-electron chi connectivity index (χ2n) is 5.98. The summed E-state index contributed by atoms with van der Waals surface area (Å²) in [6.07, 6.45) is 2.28. The molecule has 21 heavy (non-hydrogen) atoms. The number of nitrogens with zero attached hydrogens (tertiary/aromatic N) is 1. The lowest BCUT2D eigenvalue weighted by molar-refractivity contribution is 0.0853. The molecule has 0 unspecified atom stereocenters. The van der Waals surface area contributed by atoms with E-state index in [0.29, 0.717) is 5.92 Å². The number of piperazine rings is 1. The molecule has 2 fully saturated rings. The standard InChI is InChI=1S/C17H26N2O2/c1-20-17-3-2-15(14-4-10-21-11-5-14)12-16(17)13-19-8-6-18-7-9-19/h2-3,12,14,18H,4-11,13H2,1H3. The van der Waals surface area contributed by atoms with Crippen molar-refractivity contribution >= 4 is 0 Å². The summed E-state index contributed by atoms with van der Waals surface area (Å²) in [4.78, 5) is 2.50. The van der Waals surface area contributed by atoms with Crippen LogP contribution in [0.5, 0.6) is 5.75 Å². The molecule has 2 heterocycles. The van der Waals surface area contributed by atoms with E-state index in [1.165, 1.54) is 11.1 Å². The highest BCUT2D eigenvalue weighted by atomic mass is 16.5. The zero-order chi connectivity index (χ0) is 14.5. The maximum atomic E-state index is 5.56. The highest BCUT2D eigenvalue weighted by molar-refractivity contribution is 5.38. The Hall–Kier alpha value is -1.10. The average Bonchev–Trinajstić information content (AvgIpc) is 2.56. The van der Waals surface area contributed by atoms with Crippen molar-refractivity contribution in [3.8, 4) is 5.75 Å². The van der Waals surface area contributed by atoms with Crippen LogP contribution < -0.4 is 10.1 Å². The maximum absolute atomic E-state index is 5.56. The minimum atomic E-state index is 0.645. The Morgan fingerprint density at radius 2 is 2.00 bits per heavy atom. The third kappa shape index (κ3) is 3.76. The fraction of sp³-hybridized carbons (Fsp3) is 0.647. The first-order valence-electron chi connectivity index (χ1n) is 8.04. The third-order valence-electron chi connectivity index (χ3n) is 4.60. The van der Waals surface area contributed by atoms with Crippen molar-refractivity contribution in [2.75, 3.05) is 46.5 Å². The summed E-state index contributed by atoms with van der Waals surface area (Å²) in [6, 6.07) is 6.73. The van der Waals surface area contributed by atoms with E-state index in [2.05, 4.69) is 28.4 Å². The lowest BCUT2D eigenvalue weighted by Crippen LogP contribution is -2.42. The van der Waals surface area contributed by atoms with Crippen molar-refractivity contribution in [2.45, 2.75) is 25.3 Å². The van der Waals surface area contributed by atoms with Gasteiger partial charge in [-0.15, -0.1) is 0 Å². The second kappa shape index (κ2) is 7.25. The molecule has 1 aromatic carbocycles. The monoisotopic (exact) mass is 290 g/mol. The predicted molar refractivity (Wildman–Crippen MR) is 83.9 cm³/mol. The van der Waals surface area contributed by atoms with Gasteiger partial charge in [-0.25, -0.2) is 0 Å². The molecule has 1 N–H and O–H groups in total. The van der Waals surface area contributed by atoms with Gasteiger partial charge in [-0.05, 0) is 30.4 Å². The molecule has 116 valence electrons. The summed E-state index contributed by atoms with van der Waals surface area (Å²) in [5.41, 5.74) is 2.77. The summed E-state index contributed by atoms with van der Waals surface area (Å²) in [6.45, 7) is 7.18. The van der Waals surface area contributed by atoms with Gasteiger partial charge in [0.05, 0.1) is 7.11 Å². The van der Waals surface area contributed by atoms with Gasteiger partial charge in [0.2, 0.25) is 0 Å². The third-order valence-corrected chi connectivity index (χ3v) is 4.60. The molecule has 2 aliphatic heterocycles. The van der Waals surface area contributed by atoms with E-state index >= 15 is 0 Å². The van der Waals surface area contributed by atoms with Crippen molar-refractivity contribution in [1.29, 1.82) is 0 Å². The zero-order valence-electron chi connectivity index (χ0n) is 12.9. The zero-order valence-corrected chi connectivity index (χ0v) is 12.9. The van der Waals surface area contributed by atoms with Crippen LogP contribution in [0.2, 0.25) is 0 Å². The first-order chi connectivity index (χ1) is 10.4. The highest BCUT2D eigenvalue weighted by Gasteiger charge is 2.18. The Balaban J connectivity index is 1.75. The van der Waals surface area contributed by atoms with Crippen LogP contribution in [-0.2, 0) is 11.3 Å². The number of nitrogens with one attached hydrogen (secondary N) is 1. The van der Waals surface area contributed by atoms with E-state index in [1.807, 2.05) is 0 Å². The summed E-state index contributed by atoms with van der Waals surface area (Å²) in [5, 5.41) is 3.41. The van der Waals surface area contributed by atoms with Gasteiger partial charge in [0.15, 0.2) is 0 Å². The Morgan fingerprint density at radius 3 is 2.71 bits per heavy atom. The fourth-order valence-corrected chi connectivity index (χ4v) is 3.32. The van der Waals surface area contributed by atoms with Crippen molar-refractivity contribution in [3.05, 3.63) is 29.3 Å². The molecule has 2 aliphatic rings. The smallest absolute Gasteiger partial charge is 0.123 e. The van der Waals surface area contributed by atoms with E-state index in [4.69, 9.17) is 9.47 Å². The minimum absolute atomic E-state index is 0.645. The summed E-state index contributed by atoms with van der Waals surface area (Å²) in [5.74, 6) is 1.66. The average molecular weight is 290 g/mol. The van der Waals surface area contributed by atoms with Gasteiger partial charge in [0.1, 0.15) is 5.75 Å². The molecule has 0 atom stereocenters. The number of rotatable bonds is 4. The van der Waals surface area contributed by atoms with E-state index in [-0.39, 0.29) is 0 Å². The van der Waals surface area contributed by atoms with Crippen LogP contribution in [0.3, 0.4) is 0 Å². The molecule has 2 saturated heterocycles. The number of methoxy groups -OCH3 is 1. The largest absolute Gasteiger partial charge is 0.496 e. The highest BCUT2D eigenvalue weighted by Crippen LogP contribution is 2.31. The van der Waals surface area contributed by atoms with Crippen LogP contribution in [0, 0.1) is 0 Å². The van der Waals surface area contributed by atoms with Gasteiger partial charge in [0.25, 0.3) is 0 Å². The van der Waals surface area contributed by atoms with Gasteiger partial charge < -0.3 is 14.8 Å². The minimum Gasteiger partial charge on any atom is -0.496 e. The van der Waals surface area contributed by atoms with Crippen LogP contribution in [0.4, 0.5) is 0 Å². The Labute approximate surface area is 127 Å². The molecule has 1 aromatic rings. The Kier molecular flexibility index (Phi) is 5.12. The van der Waals surface area contributed by atoms with Gasteiger partial charge in [-0.2, -0.15) is 0 Å². The number of ether oxygens (including phenoxy) is 2. The lowest BCUT2D eigenvalue weighted by Gasteiger charge is -2.28. The normalized spacial score (nSPS) is 21.4. The van der Waals surface area contributed by atoms with E-state index in [1.54, 1.807) is 7.11 Å². The fourth-order valence-electron chi connectivity index (χ4n) is 3.32. The topological polar surface area (TPSA) is 33.7 Å². The second-order valence-corrected chi connectivity index (χ2v) is 5.98. The van der Waals surface area contributed by atoms with Crippen LogP contribution in [0.15, 0.2) is 18.2 Å². The maximum Gasteiger partial charge on any atom is 0.123 e. The van der Waals surface area contributed by atoms with Crippen LogP contribution >= 0.6 is 0 Å². The molecule has 0 bridgehead atoms. The van der Waals surface area contributed by atoms with Crippen molar-refractivity contribution in [3.63, 3.8) is 0 Å². The molecule has 0 amide bonds. The molecule has 0 aromatic heterocycles. The van der Waals surface area contributed by atoms with Crippen molar-refractivity contribution in [1.82, 2.24) is 10.2 Å². The number of benzene rings is 1. The van der Waals surface area contributed by atoms with Crippen molar-refractivity contribution in [2.24, 2.45) is 0 Å². The first-order valence-corrected chi connectivity index (χ1v) is 8.04. The molecule has 0 radical (unpaired) electrons. The molecular weight excluding hydrogens is 264 g/mol. The van der Waals surface area contributed by atoms with Crippen molar-refractivity contribution < 1.29 is 9.47 Å². The lowest BCUT2D eigenvalue weighted by atomic mass is 9.90. The molecule has 3 rings (SSSR count). The van der Waals surface area contributed by atoms with Gasteiger partial charge in [-0.1, -0.05) is 12.1 Å². The van der Waals surface area contributed by atoms with Crippen LogP contribution in [0.25, 0.3) is 0 Å². The first kappa shape index (κ1) is 14.8. The van der Waals surface area contributed by atoms with Gasteiger partial charge in [-0.3, -0.25) is 4.90 Å². The van der Waals surface area contributed by atoms with Gasteiger partial charge >= 0.3 is 0 Å². The molecule has 4 nitrogen and oxygen atoms in total.